The Balaban J connectivity index is 1.76. The molecule has 0 spiro atoms. The van der Waals surface area contributed by atoms with Gasteiger partial charge < -0.3 is 5.32 Å². The average Bonchev–Trinajstić information content (AvgIpc) is 3.03. The van der Waals surface area contributed by atoms with E-state index in [-0.39, 0.29) is 16.7 Å². The zero-order valence-corrected chi connectivity index (χ0v) is 15.5. The quantitative estimate of drug-likeness (QED) is 0.723. The van der Waals surface area contributed by atoms with E-state index in [1.165, 1.54) is 11.8 Å². The highest BCUT2D eigenvalue weighted by Crippen LogP contribution is 2.27. The maximum Gasteiger partial charge on any atom is 0.237 e. The van der Waals surface area contributed by atoms with E-state index in [0.717, 1.165) is 16.5 Å². The molecule has 1 aromatic heterocycles. The molecule has 0 radical (unpaired) electrons. The molecule has 3 aromatic rings. The zero-order valence-electron chi connectivity index (χ0n) is 14.7. The summed E-state index contributed by atoms with van der Waals surface area (Å²) >= 11 is 1.35. The van der Waals surface area contributed by atoms with Crippen molar-refractivity contribution >= 4 is 34.1 Å². The van der Waals surface area contributed by atoms with E-state index in [9.17, 15) is 4.79 Å². The fourth-order valence-corrected chi connectivity index (χ4v) is 3.43. The van der Waals surface area contributed by atoms with Crippen LogP contribution in [0.3, 0.4) is 0 Å². The smallest absolute Gasteiger partial charge is 0.237 e. The first-order valence-corrected chi connectivity index (χ1v) is 8.98. The Labute approximate surface area is 151 Å². The second-order valence-electron chi connectivity index (χ2n) is 6.82. The van der Waals surface area contributed by atoms with Gasteiger partial charge in [0, 0.05) is 11.1 Å². The molecule has 6 nitrogen and oxygen atoms in total. The van der Waals surface area contributed by atoms with E-state index in [1.807, 2.05) is 70.2 Å². The molecule has 1 N–H and O–H groups in total. The first-order chi connectivity index (χ1) is 11.9. The lowest BCUT2D eigenvalue weighted by molar-refractivity contribution is -0.115. The number of aromatic nitrogens is 4. The molecule has 1 heterocycles. The van der Waals surface area contributed by atoms with Gasteiger partial charge in [-0.2, -0.15) is 0 Å². The van der Waals surface area contributed by atoms with Crippen molar-refractivity contribution in [3.8, 4) is 0 Å². The minimum atomic E-state index is -0.328. The Morgan fingerprint density at radius 2 is 1.88 bits per heavy atom. The lowest BCUT2D eigenvalue weighted by atomic mass is 10.1. The molecule has 0 aliphatic rings. The number of anilines is 1. The summed E-state index contributed by atoms with van der Waals surface area (Å²) in [6.45, 7) is 7.92. The third kappa shape index (κ3) is 3.82. The van der Waals surface area contributed by atoms with Crippen LogP contribution in [0.15, 0.2) is 47.6 Å². The second kappa shape index (κ2) is 6.84. The summed E-state index contributed by atoms with van der Waals surface area (Å²) in [5.74, 6) is -0.0789. The van der Waals surface area contributed by atoms with E-state index in [1.54, 1.807) is 4.68 Å². The Bertz CT molecular complexity index is 894. The highest BCUT2D eigenvalue weighted by molar-refractivity contribution is 8.00. The monoisotopic (exact) mass is 355 g/mol. The van der Waals surface area contributed by atoms with Crippen molar-refractivity contribution in [3.05, 3.63) is 42.5 Å². The van der Waals surface area contributed by atoms with Crippen LogP contribution in [-0.2, 0) is 10.3 Å². The lowest BCUT2D eigenvalue weighted by Gasteiger charge is -2.20. The van der Waals surface area contributed by atoms with Gasteiger partial charge in [-0.1, -0.05) is 48.2 Å². The zero-order chi connectivity index (χ0) is 18.0. The molecule has 130 valence electrons. The molecule has 0 aliphatic heterocycles. The van der Waals surface area contributed by atoms with Crippen LogP contribution in [0.25, 0.3) is 10.8 Å². The number of nitrogens with one attached hydrogen (secondary N) is 1. The van der Waals surface area contributed by atoms with Crippen LogP contribution in [0.5, 0.6) is 0 Å². The summed E-state index contributed by atoms with van der Waals surface area (Å²) < 4.78 is 1.74. The third-order valence-corrected chi connectivity index (χ3v) is 4.81. The summed E-state index contributed by atoms with van der Waals surface area (Å²) in [6, 6.07) is 13.9. The maximum absolute atomic E-state index is 12.6. The number of hydrogen-bond acceptors (Lipinski definition) is 5. The topological polar surface area (TPSA) is 72.7 Å². The van der Waals surface area contributed by atoms with Crippen molar-refractivity contribution in [3.63, 3.8) is 0 Å². The molecule has 0 saturated heterocycles. The fourth-order valence-electron chi connectivity index (χ4n) is 2.45. The highest BCUT2D eigenvalue weighted by atomic mass is 32.2. The first-order valence-electron chi connectivity index (χ1n) is 8.10. The Morgan fingerprint density at radius 1 is 1.16 bits per heavy atom. The molecule has 1 atom stereocenters. The molecule has 3 rings (SSSR count). The third-order valence-electron chi connectivity index (χ3n) is 3.78. The number of rotatable bonds is 4. The number of fused-ring (bicyclic) bond motifs is 1. The predicted molar refractivity (Wildman–Crippen MR) is 101 cm³/mol. The summed E-state index contributed by atoms with van der Waals surface area (Å²) in [4.78, 5) is 12.6. The number of nitrogens with zero attached hydrogens (tertiary/aromatic N) is 4. The molecule has 0 unspecified atom stereocenters. The summed E-state index contributed by atoms with van der Waals surface area (Å²) in [6.07, 6.45) is 0. The molecular weight excluding hydrogens is 334 g/mol. The van der Waals surface area contributed by atoms with Crippen LogP contribution in [0.4, 0.5) is 5.69 Å². The van der Waals surface area contributed by atoms with E-state index < -0.39 is 0 Å². The number of thioether (sulfide) groups is 1. The van der Waals surface area contributed by atoms with Crippen molar-refractivity contribution in [1.29, 1.82) is 0 Å². The standard InChI is InChI=1S/C18H21N5OS/c1-12(25-17-20-21-22-23(17)18(2,3)4)16(24)19-15-11-7-9-13-8-5-6-10-14(13)15/h5-12H,1-4H3,(H,19,24)/t12-/m1/s1. The van der Waals surface area contributed by atoms with E-state index in [2.05, 4.69) is 20.8 Å². The molecule has 0 bridgehead atoms. The number of carbonyl (C=O) groups is 1. The van der Waals surface area contributed by atoms with Crippen LogP contribution in [0.2, 0.25) is 0 Å². The minimum absolute atomic E-state index is 0.0789. The molecular formula is C18H21N5OS. The molecule has 0 saturated carbocycles. The van der Waals surface area contributed by atoms with Gasteiger partial charge in [0.25, 0.3) is 0 Å². The molecule has 25 heavy (non-hydrogen) atoms. The van der Waals surface area contributed by atoms with E-state index >= 15 is 0 Å². The van der Waals surface area contributed by atoms with Crippen LogP contribution >= 0.6 is 11.8 Å². The van der Waals surface area contributed by atoms with Gasteiger partial charge in [-0.15, -0.1) is 5.10 Å². The Kier molecular flexibility index (Phi) is 4.76. The first kappa shape index (κ1) is 17.4. The number of carbonyl (C=O) groups excluding carboxylic acids is 1. The molecule has 2 aromatic carbocycles. The van der Waals surface area contributed by atoms with Crippen LogP contribution in [0.1, 0.15) is 27.7 Å². The van der Waals surface area contributed by atoms with Crippen molar-refractivity contribution in [2.45, 2.75) is 43.6 Å². The largest absolute Gasteiger partial charge is 0.325 e. The van der Waals surface area contributed by atoms with Gasteiger partial charge in [0.1, 0.15) is 0 Å². The van der Waals surface area contributed by atoms with Crippen molar-refractivity contribution < 1.29 is 4.79 Å². The fraction of sp³-hybridized carbons (Fsp3) is 0.333. The molecule has 7 heteroatoms. The molecule has 0 fully saturated rings. The normalized spacial score (nSPS) is 13.0. The number of hydrogen-bond donors (Lipinski definition) is 1. The van der Waals surface area contributed by atoms with Crippen LogP contribution in [-0.4, -0.2) is 31.4 Å². The molecule has 0 aliphatic carbocycles. The number of tetrazole rings is 1. The minimum Gasteiger partial charge on any atom is -0.325 e. The van der Waals surface area contributed by atoms with Gasteiger partial charge in [-0.3, -0.25) is 4.79 Å². The van der Waals surface area contributed by atoms with E-state index in [4.69, 9.17) is 0 Å². The second-order valence-corrected chi connectivity index (χ2v) is 8.13. The van der Waals surface area contributed by atoms with Gasteiger partial charge in [0.2, 0.25) is 11.1 Å². The molecule has 1 amide bonds. The van der Waals surface area contributed by atoms with Gasteiger partial charge in [-0.05, 0) is 49.6 Å². The number of benzene rings is 2. The van der Waals surface area contributed by atoms with Crippen molar-refractivity contribution in [2.24, 2.45) is 0 Å². The van der Waals surface area contributed by atoms with E-state index in [0.29, 0.717) is 5.16 Å². The van der Waals surface area contributed by atoms with Gasteiger partial charge in [0.15, 0.2) is 0 Å². The Hall–Kier alpha value is -2.41. The van der Waals surface area contributed by atoms with Gasteiger partial charge >= 0.3 is 0 Å². The van der Waals surface area contributed by atoms with Crippen LogP contribution in [0, 0.1) is 0 Å². The van der Waals surface area contributed by atoms with Gasteiger partial charge in [-0.25, -0.2) is 4.68 Å². The average molecular weight is 355 g/mol. The SMILES string of the molecule is C[C@@H](Sc1nnnn1C(C)(C)C)C(=O)Nc1cccc2ccccc12. The van der Waals surface area contributed by atoms with Crippen molar-refractivity contribution in [1.82, 2.24) is 20.2 Å². The van der Waals surface area contributed by atoms with Gasteiger partial charge in [0.05, 0.1) is 10.8 Å². The summed E-state index contributed by atoms with van der Waals surface area (Å²) in [7, 11) is 0. The summed E-state index contributed by atoms with van der Waals surface area (Å²) in [5, 5.41) is 17.3. The van der Waals surface area contributed by atoms with Crippen molar-refractivity contribution in [2.75, 3.05) is 5.32 Å². The maximum atomic E-state index is 12.6. The number of amides is 1. The highest BCUT2D eigenvalue weighted by Gasteiger charge is 2.24. The summed E-state index contributed by atoms with van der Waals surface area (Å²) in [5.41, 5.74) is 0.573. The van der Waals surface area contributed by atoms with Crippen LogP contribution < -0.4 is 5.32 Å². The predicted octanol–water partition coefficient (Wildman–Crippen LogP) is 3.70. The lowest BCUT2D eigenvalue weighted by Crippen LogP contribution is -2.27. The Morgan fingerprint density at radius 3 is 2.64 bits per heavy atom.